The zero-order chi connectivity index (χ0) is 12.0. The molecule has 0 aromatic carbocycles. The molecule has 0 saturated carbocycles. The molecule has 0 bridgehead atoms. The Morgan fingerprint density at radius 3 is 2.94 bits per heavy atom. The molecule has 92 valence electrons. The molecule has 0 spiro atoms. The van der Waals surface area contributed by atoms with Gasteiger partial charge in [-0.3, -0.25) is 0 Å². The molecule has 7 heteroatoms. The highest BCUT2D eigenvalue weighted by Gasteiger charge is 2.33. The van der Waals surface area contributed by atoms with E-state index in [0.29, 0.717) is 19.6 Å². The molecular weight excluding hydrogens is 232 g/mol. The molecule has 0 aromatic rings. The van der Waals surface area contributed by atoms with Gasteiger partial charge in [-0.25, -0.2) is 13.2 Å². The van der Waals surface area contributed by atoms with Crippen LogP contribution >= 0.6 is 0 Å². The van der Waals surface area contributed by atoms with Gasteiger partial charge in [0.05, 0.1) is 12.4 Å². The topological polar surface area (TPSA) is 76.0 Å². The summed E-state index contributed by atoms with van der Waals surface area (Å²) in [5.74, 6) is -0.0638. The van der Waals surface area contributed by atoms with Gasteiger partial charge in [-0.1, -0.05) is 0 Å². The van der Waals surface area contributed by atoms with Gasteiger partial charge in [-0.05, 0) is 19.8 Å². The Balaban J connectivity index is 2.63. The number of ether oxygens (including phenoxy) is 1. The number of rotatable bonds is 6. The maximum Gasteiger partial charge on any atom is 0.236 e. The first-order valence-corrected chi connectivity index (χ1v) is 6.87. The third-order valence-corrected chi connectivity index (χ3v) is 4.25. The first kappa shape index (κ1) is 13.3. The van der Waals surface area contributed by atoms with Crippen LogP contribution in [0.3, 0.4) is 0 Å². The van der Waals surface area contributed by atoms with E-state index < -0.39 is 16.2 Å². The average molecular weight is 248 g/mol. The van der Waals surface area contributed by atoms with Crippen LogP contribution in [-0.4, -0.2) is 50.5 Å². The van der Waals surface area contributed by atoms with Gasteiger partial charge in [0.1, 0.15) is 6.17 Å². The van der Waals surface area contributed by atoms with Crippen LogP contribution in [0.5, 0.6) is 0 Å². The van der Waals surface area contributed by atoms with Crippen LogP contribution in [-0.2, 0) is 19.6 Å². The first-order valence-electron chi connectivity index (χ1n) is 5.26. The van der Waals surface area contributed by atoms with Crippen LogP contribution in [0.2, 0.25) is 0 Å². The van der Waals surface area contributed by atoms with Crippen LogP contribution in [0, 0.1) is 0 Å². The molecule has 1 unspecified atom stereocenters. The molecule has 1 aliphatic rings. The Labute approximate surface area is 95.3 Å². The molecule has 0 aromatic heterocycles. The summed E-state index contributed by atoms with van der Waals surface area (Å²) in [7, 11) is -3.37. The highest BCUT2D eigenvalue weighted by Crippen LogP contribution is 2.21. The van der Waals surface area contributed by atoms with Crippen molar-refractivity contribution in [3.8, 4) is 0 Å². The van der Waals surface area contributed by atoms with Crippen LogP contribution in [0.4, 0.5) is 0 Å². The highest BCUT2D eigenvalue weighted by atomic mass is 32.2. The second kappa shape index (κ2) is 6.10. The summed E-state index contributed by atoms with van der Waals surface area (Å²) >= 11 is 0. The highest BCUT2D eigenvalue weighted by molar-refractivity contribution is 7.89. The van der Waals surface area contributed by atoms with Crippen LogP contribution in [0.25, 0.3) is 0 Å². The minimum Gasteiger partial charge on any atom is -0.381 e. The molecule has 6 nitrogen and oxygen atoms in total. The van der Waals surface area contributed by atoms with Crippen LogP contribution < -0.4 is 0 Å². The molecule has 0 N–H and O–H groups in total. The molecule has 0 radical (unpaired) electrons. The van der Waals surface area contributed by atoms with E-state index in [4.69, 9.17) is 4.74 Å². The Kier molecular flexibility index (Phi) is 5.08. The molecule has 16 heavy (non-hydrogen) atoms. The van der Waals surface area contributed by atoms with Crippen molar-refractivity contribution in [2.45, 2.75) is 25.9 Å². The molecule has 1 atom stereocenters. The van der Waals surface area contributed by atoms with E-state index in [0.717, 1.165) is 6.42 Å². The molecular formula is C9H16N2O4S. The van der Waals surface area contributed by atoms with Gasteiger partial charge < -0.3 is 4.74 Å². The fourth-order valence-corrected chi connectivity index (χ4v) is 3.16. The van der Waals surface area contributed by atoms with Crippen molar-refractivity contribution in [2.75, 3.05) is 25.5 Å². The normalized spacial score (nSPS) is 21.9. The minimum absolute atomic E-state index is 0.0638. The van der Waals surface area contributed by atoms with Gasteiger partial charge in [0, 0.05) is 13.2 Å². The monoisotopic (exact) mass is 248 g/mol. The Morgan fingerprint density at radius 2 is 2.31 bits per heavy atom. The van der Waals surface area contributed by atoms with E-state index in [1.807, 2.05) is 6.92 Å². The van der Waals surface area contributed by atoms with E-state index in [1.165, 1.54) is 10.4 Å². The molecule has 1 saturated heterocycles. The number of isocyanates is 1. The third kappa shape index (κ3) is 3.38. The van der Waals surface area contributed by atoms with Crippen molar-refractivity contribution in [1.29, 1.82) is 0 Å². The van der Waals surface area contributed by atoms with Gasteiger partial charge in [0.25, 0.3) is 0 Å². The van der Waals surface area contributed by atoms with Crippen molar-refractivity contribution in [3.05, 3.63) is 0 Å². The number of hydrogen-bond donors (Lipinski definition) is 0. The summed E-state index contributed by atoms with van der Waals surface area (Å²) in [6.07, 6.45) is 2.16. The van der Waals surface area contributed by atoms with Crippen molar-refractivity contribution in [2.24, 2.45) is 4.99 Å². The lowest BCUT2D eigenvalue weighted by Gasteiger charge is -2.19. The zero-order valence-electron chi connectivity index (χ0n) is 9.26. The fraction of sp³-hybridized carbons (Fsp3) is 0.889. The summed E-state index contributed by atoms with van der Waals surface area (Å²) in [6, 6.07) is 0. The van der Waals surface area contributed by atoms with Gasteiger partial charge in [0.2, 0.25) is 16.1 Å². The third-order valence-electron chi connectivity index (χ3n) is 2.42. The summed E-state index contributed by atoms with van der Waals surface area (Å²) in [6.45, 7) is 2.89. The molecule has 0 amide bonds. The van der Waals surface area contributed by atoms with Crippen molar-refractivity contribution < 1.29 is 17.9 Å². The summed E-state index contributed by atoms with van der Waals surface area (Å²) in [5.41, 5.74) is 0. The van der Waals surface area contributed by atoms with E-state index in [9.17, 15) is 13.2 Å². The Bertz CT molecular complexity index is 362. The van der Waals surface area contributed by atoms with E-state index in [1.54, 1.807) is 0 Å². The summed E-state index contributed by atoms with van der Waals surface area (Å²) in [5, 5.41) is 0. The largest absolute Gasteiger partial charge is 0.381 e. The number of hydrogen-bond acceptors (Lipinski definition) is 5. The lowest BCUT2D eigenvalue weighted by atomic mass is 10.3. The predicted molar refractivity (Wildman–Crippen MR) is 58.1 cm³/mol. The van der Waals surface area contributed by atoms with Crippen molar-refractivity contribution >= 4 is 16.1 Å². The quantitative estimate of drug-likeness (QED) is 0.380. The second-order valence-corrected chi connectivity index (χ2v) is 5.51. The SMILES string of the molecule is CCOCCS(=O)(=O)N1CCCC1N=C=O. The smallest absolute Gasteiger partial charge is 0.236 e. The molecule has 0 aliphatic carbocycles. The van der Waals surface area contributed by atoms with Gasteiger partial charge in [-0.15, -0.1) is 0 Å². The van der Waals surface area contributed by atoms with Crippen molar-refractivity contribution in [1.82, 2.24) is 4.31 Å². The minimum atomic E-state index is -3.37. The lowest BCUT2D eigenvalue weighted by molar-refractivity contribution is 0.162. The standard InChI is InChI=1S/C9H16N2O4S/c1-2-15-6-7-16(13,14)11-5-3-4-9(11)10-8-12/h9H,2-7H2,1H3. The maximum atomic E-state index is 11.8. The summed E-state index contributed by atoms with van der Waals surface area (Å²) < 4.78 is 30.0. The van der Waals surface area contributed by atoms with E-state index in [2.05, 4.69) is 4.99 Å². The maximum absolute atomic E-state index is 11.8. The van der Waals surface area contributed by atoms with E-state index >= 15 is 0 Å². The van der Waals surface area contributed by atoms with Gasteiger partial charge in [-0.2, -0.15) is 9.30 Å². The number of sulfonamides is 1. The van der Waals surface area contributed by atoms with Crippen LogP contribution in [0.1, 0.15) is 19.8 Å². The van der Waals surface area contributed by atoms with Gasteiger partial charge in [0.15, 0.2) is 0 Å². The summed E-state index contributed by atoms with van der Waals surface area (Å²) in [4.78, 5) is 13.7. The second-order valence-electron chi connectivity index (χ2n) is 3.47. The fourth-order valence-electron chi connectivity index (χ4n) is 1.66. The number of aliphatic imine (C=N–C) groups is 1. The zero-order valence-corrected chi connectivity index (χ0v) is 10.1. The number of carbonyl (C=O) groups excluding carboxylic acids is 1. The number of nitrogens with zero attached hydrogens (tertiary/aromatic N) is 2. The van der Waals surface area contributed by atoms with Crippen LogP contribution in [0.15, 0.2) is 4.99 Å². The Hall–Kier alpha value is -0.750. The molecule has 1 aliphatic heterocycles. The molecule has 1 heterocycles. The van der Waals surface area contributed by atoms with Gasteiger partial charge >= 0.3 is 0 Å². The predicted octanol–water partition coefficient (Wildman–Crippen LogP) is 0.110. The average Bonchev–Trinajstić information content (AvgIpc) is 2.67. The first-order chi connectivity index (χ1) is 7.61. The van der Waals surface area contributed by atoms with E-state index in [-0.39, 0.29) is 12.4 Å². The molecule has 1 rings (SSSR count). The van der Waals surface area contributed by atoms with Crippen molar-refractivity contribution in [3.63, 3.8) is 0 Å². The Morgan fingerprint density at radius 1 is 1.56 bits per heavy atom. The molecule has 1 fully saturated rings. The lowest BCUT2D eigenvalue weighted by Crippen LogP contribution is -2.37.